The lowest BCUT2D eigenvalue weighted by Gasteiger charge is -2.32. The molecule has 1 aliphatic heterocycles. The molecule has 1 unspecified atom stereocenters. The summed E-state index contributed by atoms with van der Waals surface area (Å²) in [6, 6.07) is 8.61. The van der Waals surface area contributed by atoms with E-state index in [2.05, 4.69) is 36.1 Å². The van der Waals surface area contributed by atoms with Gasteiger partial charge in [0.05, 0.1) is 6.61 Å². The Morgan fingerprint density at radius 2 is 2.21 bits per heavy atom. The van der Waals surface area contributed by atoms with Gasteiger partial charge in [0.25, 0.3) is 0 Å². The molecule has 1 atom stereocenters. The van der Waals surface area contributed by atoms with Crippen molar-refractivity contribution in [2.24, 2.45) is 0 Å². The molecule has 76 valence electrons. The zero-order chi connectivity index (χ0) is 9.97. The minimum atomic E-state index is 0.259. The van der Waals surface area contributed by atoms with Gasteiger partial charge in [0, 0.05) is 19.6 Å². The van der Waals surface area contributed by atoms with Crippen molar-refractivity contribution in [3.8, 4) is 0 Å². The summed E-state index contributed by atoms with van der Waals surface area (Å²) < 4.78 is 0. The third-order valence-corrected chi connectivity index (χ3v) is 2.93. The van der Waals surface area contributed by atoms with E-state index in [0.29, 0.717) is 5.92 Å². The Bertz CT molecular complexity index is 311. The van der Waals surface area contributed by atoms with E-state index in [-0.39, 0.29) is 6.61 Å². The van der Waals surface area contributed by atoms with E-state index in [1.165, 1.54) is 11.1 Å². The second-order valence-corrected chi connectivity index (χ2v) is 4.06. The van der Waals surface area contributed by atoms with Gasteiger partial charge in [-0.15, -0.1) is 0 Å². The Kier molecular flexibility index (Phi) is 2.85. The maximum Gasteiger partial charge on any atom is 0.0558 e. The Hall–Kier alpha value is -0.860. The van der Waals surface area contributed by atoms with Crippen LogP contribution in [0.3, 0.4) is 0 Å². The van der Waals surface area contributed by atoms with Gasteiger partial charge in [0.1, 0.15) is 0 Å². The summed E-state index contributed by atoms with van der Waals surface area (Å²) in [6.07, 6.45) is 0. The van der Waals surface area contributed by atoms with Crippen LogP contribution in [0.4, 0.5) is 0 Å². The molecule has 1 N–H and O–H groups in total. The van der Waals surface area contributed by atoms with Crippen molar-refractivity contribution in [1.82, 2.24) is 4.90 Å². The Balaban J connectivity index is 2.20. The molecule has 0 fully saturated rings. The molecule has 0 spiro atoms. The van der Waals surface area contributed by atoms with Gasteiger partial charge in [-0.05, 0) is 17.0 Å². The molecule has 2 rings (SSSR count). The van der Waals surface area contributed by atoms with E-state index in [1.54, 1.807) is 0 Å². The summed E-state index contributed by atoms with van der Waals surface area (Å²) >= 11 is 0. The number of aliphatic hydroxyl groups is 1. The van der Waals surface area contributed by atoms with Gasteiger partial charge in [-0.25, -0.2) is 0 Å². The average Bonchev–Trinajstić information content (AvgIpc) is 2.18. The van der Waals surface area contributed by atoms with Gasteiger partial charge in [-0.3, -0.25) is 4.90 Å². The molecule has 1 aliphatic rings. The lowest BCUT2D eigenvalue weighted by molar-refractivity contribution is 0.175. The minimum Gasteiger partial charge on any atom is -0.395 e. The summed E-state index contributed by atoms with van der Waals surface area (Å²) in [5, 5.41) is 8.91. The van der Waals surface area contributed by atoms with E-state index < -0.39 is 0 Å². The molecular formula is C12H17NO. The number of benzene rings is 1. The maximum absolute atomic E-state index is 8.91. The number of fused-ring (bicyclic) bond motifs is 1. The van der Waals surface area contributed by atoms with Crippen molar-refractivity contribution in [2.45, 2.75) is 19.4 Å². The van der Waals surface area contributed by atoms with Crippen LogP contribution in [0.15, 0.2) is 24.3 Å². The van der Waals surface area contributed by atoms with Crippen LogP contribution in [0.2, 0.25) is 0 Å². The minimum absolute atomic E-state index is 0.259. The van der Waals surface area contributed by atoms with Crippen LogP contribution in [-0.4, -0.2) is 29.7 Å². The third kappa shape index (κ3) is 1.81. The molecule has 0 saturated carbocycles. The molecular weight excluding hydrogens is 174 g/mol. The Labute approximate surface area is 85.2 Å². The van der Waals surface area contributed by atoms with Gasteiger partial charge in [0.2, 0.25) is 0 Å². The lowest BCUT2D eigenvalue weighted by Crippen LogP contribution is -2.34. The zero-order valence-electron chi connectivity index (χ0n) is 8.61. The highest BCUT2D eigenvalue weighted by Crippen LogP contribution is 2.27. The summed E-state index contributed by atoms with van der Waals surface area (Å²) in [7, 11) is 0. The van der Waals surface area contributed by atoms with E-state index in [4.69, 9.17) is 5.11 Å². The predicted molar refractivity (Wildman–Crippen MR) is 57.2 cm³/mol. The number of hydrogen-bond donors (Lipinski definition) is 1. The summed E-state index contributed by atoms with van der Waals surface area (Å²) in [5.41, 5.74) is 2.89. The van der Waals surface area contributed by atoms with E-state index in [9.17, 15) is 0 Å². The maximum atomic E-state index is 8.91. The first-order chi connectivity index (χ1) is 6.81. The van der Waals surface area contributed by atoms with Crippen LogP contribution in [0, 0.1) is 0 Å². The van der Waals surface area contributed by atoms with E-state index >= 15 is 0 Å². The van der Waals surface area contributed by atoms with Gasteiger partial charge >= 0.3 is 0 Å². The number of aliphatic hydroxyl groups excluding tert-OH is 1. The van der Waals surface area contributed by atoms with E-state index in [1.807, 2.05) is 0 Å². The number of nitrogens with zero attached hydrogens (tertiary/aromatic N) is 1. The fourth-order valence-electron chi connectivity index (χ4n) is 2.26. The van der Waals surface area contributed by atoms with Gasteiger partial charge in [-0.2, -0.15) is 0 Å². The molecule has 0 saturated heterocycles. The second-order valence-electron chi connectivity index (χ2n) is 4.06. The quantitative estimate of drug-likeness (QED) is 0.767. The lowest BCUT2D eigenvalue weighted by atomic mass is 9.91. The molecule has 0 bridgehead atoms. The molecule has 0 radical (unpaired) electrons. The number of rotatable bonds is 2. The highest BCUT2D eigenvalue weighted by molar-refractivity contribution is 5.32. The van der Waals surface area contributed by atoms with Crippen molar-refractivity contribution in [2.75, 3.05) is 19.7 Å². The zero-order valence-corrected chi connectivity index (χ0v) is 8.61. The fraction of sp³-hybridized carbons (Fsp3) is 0.500. The molecule has 0 aliphatic carbocycles. The van der Waals surface area contributed by atoms with Crippen molar-refractivity contribution in [1.29, 1.82) is 0 Å². The summed E-state index contributed by atoms with van der Waals surface area (Å²) in [4.78, 5) is 2.31. The van der Waals surface area contributed by atoms with Crippen LogP contribution in [0.5, 0.6) is 0 Å². The van der Waals surface area contributed by atoms with Crippen LogP contribution >= 0.6 is 0 Å². The summed E-state index contributed by atoms with van der Waals surface area (Å²) in [6.45, 7) is 5.36. The SMILES string of the molecule is CC1CN(CCO)Cc2ccccc21. The first kappa shape index (κ1) is 9.69. The molecule has 1 aromatic rings. The smallest absolute Gasteiger partial charge is 0.0558 e. The first-order valence-electron chi connectivity index (χ1n) is 5.22. The van der Waals surface area contributed by atoms with Crippen molar-refractivity contribution in [3.05, 3.63) is 35.4 Å². The predicted octanol–water partition coefficient (Wildman–Crippen LogP) is 1.60. The van der Waals surface area contributed by atoms with Crippen LogP contribution < -0.4 is 0 Å². The average molecular weight is 191 g/mol. The molecule has 1 aromatic carbocycles. The van der Waals surface area contributed by atoms with Crippen LogP contribution in [-0.2, 0) is 6.54 Å². The molecule has 14 heavy (non-hydrogen) atoms. The van der Waals surface area contributed by atoms with Crippen molar-refractivity contribution in [3.63, 3.8) is 0 Å². The van der Waals surface area contributed by atoms with Crippen molar-refractivity contribution >= 4 is 0 Å². The molecule has 1 heterocycles. The van der Waals surface area contributed by atoms with E-state index in [0.717, 1.165) is 19.6 Å². The third-order valence-electron chi connectivity index (χ3n) is 2.93. The van der Waals surface area contributed by atoms with Gasteiger partial charge in [-0.1, -0.05) is 31.2 Å². The Morgan fingerprint density at radius 3 is 3.00 bits per heavy atom. The monoisotopic (exact) mass is 191 g/mol. The van der Waals surface area contributed by atoms with Gasteiger partial charge in [0.15, 0.2) is 0 Å². The largest absolute Gasteiger partial charge is 0.395 e. The standard InChI is InChI=1S/C12H17NO/c1-10-8-13(6-7-14)9-11-4-2-3-5-12(10)11/h2-5,10,14H,6-9H2,1H3. The molecule has 2 nitrogen and oxygen atoms in total. The van der Waals surface area contributed by atoms with Crippen LogP contribution in [0.25, 0.3) is 0 Å². The number of hydrogen-bond acceptors (Lipinski definition) is 2. The molecule has 0 aromatic heterocycles. The highest BCUT2D eigenvalue weighted by atomic mass is 16.3. The summed E-state index contributed by atoms with van der Waals surface area (Å²) in [5.74, 6) is 0.589. The fourth-order valence-corrected chi connectivity index (χ4v) is 2.26. The number of β-amino-alcohol motifs (C(OH)–C–C–N with tert-alkyl or cyclic N) is 1. The van der Waals surface area contributed by atoms with Crippen LogP contribution in [0.1, 0.15) is 24.0 Å². The topological polar surface area (TPSA) is 23.5 Å². The molecule has 0 amide bonds. The Morgan fingerprint density at radius 1 is 1.43 bits per heavy atom. The normalized spacial score (nSPS) is 22.0. The van der Waals surface area contributed by atoms with Crippen molar-refractivity contribution < 1.29 is 5.11 Å². The van der Waals surface area contributed by atoms with Gasteiger partial charge < -0.3 is 5.11 Å². The highest BCUT2D eigenvalue weighted by Gasteiger charge is 2.20. The molecule has 2 heteroatoms. The second kappa shape index (κ2) is 4.11. The first-order valence-corrected chi connectivity index (χ1v) is 5.22.